The number of methoxy groups -OCH3 is 1. The average Bonchev–Trinajstić information content (AvgIpc) is 3.41. The van der Waals surface area contributed by atoms with Crippen molar-refractivity contribution in [2.24, 2.45) is 23.2 Å². The van der Waals surface area contributed by atoms with Gasteiger partial charge in [-0.15, -0.1) is 0 Å². The Bertz CT molecular complexity index is 1440. The maximum absolute atomic E-state index is 13.9. The van der Waals surface area contributed by atoms with Crippen LogP contribution in [0.4, 0.5) is 4.79 Å². The first-order chi connectivity index (χ1) is 22.3. The molecule has 252 valence electrons. The predicted molar refractivity (Wildman–Crippen MR) is 177 cm³/mol. The first-order valence-corrected chi connectivity index (χ1v) is 16.5. The van der Waals surface area contributed by atoms with Crippen molar-refractivity contribution in [2.45, 2.75) is 83.7 Å². The summed E-state index contributed by atoms with van der Waals surface area (Å²) in [7, 11) is 0.614. The molecule has 2 bridgehead atoms. The highest BCUT2D eigenvalue weighted by Gasteiger charge is 2.67. The molecule has 4 amide bonds. The van der Waals surface area contributed by atoms with Gasteiger partial charge in [0.15, 0.2) is 0 Å². The number of nitrogens with one attached hydrogen (secondary N) is 4. The molecule has 11 nitrogen and oxygen atoms in total. The lowest BCUT2D eigenvalue weighted by molar-refractivity contribution is -0.199. The second kappa shape index (κ2) is 14.1. The summed E-state index contributed by atoms with van der Waals surface area (Å²) in [5.41, 5.74) is 1.18. The number of hydrogen-bond donors (Lipinski definition) is 4. The molecule has 3 saturated carbocycles. The Morgan fingerprint density at radius 2 is 1.55 bits per heavy atom. The first-order valence-electron chi connectivity index (χ1n) is 16.5. The van der Waals surface area contributed by atoms with Crippen LogP contribution in [0.15, 0.2) is 60.7 Å². The number of rotatable bonds is 12. The number of hydrogen-bond acceptors (Lipinski definition) is 7. The zero-order chi connectivity index (χ0) is 33.9. The van der Waals surface area contributed by atoms with E-state index in [9.17, 15) is 19.2 Å². The summed E-state index contributed by atoms with van der Waals surface area (Å²) in [4.78, 5) is 53.1. The summed E-state index contributed by atoms with van der Waals surface area (Å²) < 4.78 is 17.5. The van der Waals surface area contributed by atoms with Gasteiger partial charge in [-0.1, -0.05) is 88.4 Å². The summed E-state index contributed by atoms with van der Waals surface area (Å²) in [5, 5.41) is 11.2. The highest BCUT2D eigenvalue weighted by molar-refractivity contribution is 6.46. The minimum atomic E-state index is -1.06. The van der Waals surface area contributed by atoms with E-state index in [2.05, 4.69) is 42.0 Å². The number of carbonyl (C=O) groups is 4. The minimum Gasteiger partial charge on any atom is -0.453 e. The minimum absolute atomic E-state index is 0.0171. The molecule has 6 rings (SSSR count). The standard InChI is InChI=1S/C35H47BN4O7/c1-21(2)28(40-33(44)45-6)32(43)38-25(17-22-13-9-7-10-14-22)30(41)39-29(23-15-11-8-12-16-23)31(42)37-20-36-46-27-19-24-18-26(34(24,3)4)35(27,5)47-36/h7-16,21,24-29H,17-20H2,1-6H3,(H,37,42)(H,38,43)(H,39,41)(H,40,44)/t24-,25?,26?,27+,28-,29-,35-/m0/s1. The molecule has 4 fully saturated rings. The van der Waals surface area contributed by atoms with Gasteiger partial charge < -0.3 is 35.3 Å². The van der Waals surface area contributed by atoms with Crippen molar-refractivity contribution in [2.75, 3.05) is 13.6 Å². The quantitative estimate of drug-likeness (QED) is 0.259. The van der Waals surface area contributed by atoms with Gasteiger partial charge in [0.25, 0.3) is 0 Å². The van der Waals surface area contributed by atoms with Crippen molar-refractivity contribution in [1.82, 2.24) is 21.3 Å². The molecule has 4 N–H and O–H groups in total. The van der Waals surface area contributed by atoms with Crippen LogP contribution in [0.5, 0.6) is 0 Å². The zero-order valence-electron chi connectivity index (χ0n) is 28.1. The van der Waals surface area contributed by atoms with E-state index >= 15 is 0 Å². The van der Waals surface area contributed by atoms with Gasteiger partial charge in [0.05, 0.1) is 25.3 Å². The maximum atomic E-state index is 13.9. The Hall–Kier alpha value is -3.90. The molecule has 0 spiro atoms. The number of ether oxygens (including phenoxy) is 1. The van der Waals surface area contributed by atoms with Gasteiger partial charge in [0.2, 0.25) is 17.7 Å². The summed E-state index contributed by atoms with van der Waals surface area (Å²) in [6.07, 6.45) is 1.58. The Morgan fingerprint density at radius 3 is 2.17 bits per heavy atom. The Labute approximate surface area is 277 Å². The Kier molecular flexibility index (Phi) is 10.3. The lowest BCUT2D eigenvalue weighted by atomic mass is 9.43. The second-order valence-corrected chi connectivity index (χ2v) is 14.1. The van der Waals surface area contributed by atoms with Crippen LogP contribution >= 0.6 is 0 Å². The van der Waals surface area contributed by atoms with Crippen molar-refractivity contribution in [3.05, 3.63) is 71.8 Å². The third-order valence-electron chi connectivity index (χ3n) is 10.4. The average molecular weight is 647 g/mol. The fourth-order valence-corrected chi connectivity index (χ4v) is 7.55. The third kappa shape index (κ3) is 7.33. The van der Waals surface area contributed by atoms with Crippen molar-refractivity contribution < 1.29 is 33.2 Å². The number of alkyl carbamates (subject to hydrolysis) is 1. The monoisotopic (exact) mass is 646 g/mol. The lowest BCUT2D eigenvalue weighted by Gasteiger charge is -2.64. The SMILES string of the molecule is COC(=O)N[C@H](C(=O)NC(Cc1ccccc1)C(=O)N[C@H](C(=O)NCB1O[C@@H]2C[C@@H]3CC(C3(C)C)[C@]2(C)O1)c1ccccc1)C(C)C. The predicted octanol–water partition coefficient (Wildman–Crippen LogP) is 3.34. The van der Waals surface area contributed by atoms with Gasteiger partial charge in [-0.25, -0.2) is 4.79 Å². The largest absolute Gasteiger partial charge is 0.478 e. The molecule has 12 heteroatoms. The molecule has 0 radical (unpaired) electrons. The van der Waals surface area contributed by atoms with E-state index in [0.717, 1.165) is 18.4 Å². The van der Waals surface area contributed by atoms with Crippen LogP contribution in [0, 0.1) is 23.2 Å². The summed E-state index contributed by atoms with van der Waals surface area (Å²) in [6, 6.07) is 15.1. The van der Waals surface area contributed by atoms with Crippen molar-refractivity contribution in [3.63, 3.8) is 0 Å². The van der Waals surface area contributed by atoms with E-state index in [1.54, 1.807) is 38.1 Å². The third-order valence-corrected chi connectivity index (χ3v) is 10.4. The Balaban J connectivity index is 1.30. The molecule has 4 aliphatic rings. The summed E-state index contributed by atoms with van der Waals surface area (Å²) in [6.45, 7) is 10.3. The topological polar surface area (TPSA) is 144 Å². The van der Waals surface area contributed by atoms with Gasteiger partial charge in [-0.2, -0.15) is 0 Å². The van der Waals surface area contributed by atoms with Crippen molar-refractivity contribution in [3.8, 4) is 0 Å². The first kappa shape index (κ1) is 34.4. The van der Waals surface area contributed by atoms with Gasteiger partial charge in [-0.05, 0) is 54.1 Å². The molecule has 1 heterocycles. The van der Waals surface area contributed by atoms with Crippen LogP contribution in [0.1, 0.15) is 64.6 Å². The molecular formula is C35H47BN4O7. The highest BCUT2D eigenvalue weighted by Crippen LogP contribution is 2.65. The van der Waals surface area contributed by atoms with E-state index in [1.165, 1.54) is 7.11 Å². The maximum Gasteiger partial charge on any atom is 0.478 e. The van der Waals surface area contributed by atoms with Gasteiger partial charge >= 0.3 is 13.2 Å². The number of benzene rings is 2. The zero-order valence-corrected chi connectivity index (χ0v) is 28.1. The summed E-state index contributed by atoms with van der Waals surface area (Å²) in [5.74, 6) is -0.823. The van der Waals surface area contributed by atoms with E-state index < -0.39 is 54.7 Å². The van der Waals surface area contributed by atoms with Crippen LogP contribution < -0.4 is 21.3 Å². The highest BCUT2D eigenvalue weighted by atomic mass is 16.7. The van der Waals surface area contributed by atoms with E-state index in [1.807, 2.05) is 36.4 Å². The van der Waals surface area contributed by atoms with Crippen LogP contribution in [-0.4, -0.2) is 68.3 Å². The van der Waals surface area contributed by atoms with Crippen LogP contribution in [0.3, 0.4) is 0 Å². The molecular weight excluding hydrogens is 599 g/mol. The molecule has 1 saturated heterocycles. The van der Waals surface area contributed by atoms with Gasteiger partial charge in [0.1, 0.15) is 18.1 Å². The fraction of sp³-hybridized carbons (Fsp3) is 0.543. The second-order valence-electron chi connectivity index (χ2n) is 14.1. The molecule has 3 aliphatic carbocycles. The number of amides is 4. The van der Waals surface area contributed by atoms with Crippen molar-refractivity contribution in [1.29, 1.82) is 0 Å². The van der Waals surface area contributed by atoms with E-state index in [4.69, 9.17) is 14.0 Å². The number of carbonyl (C=O) groups excluding carboxylic acids is 4. The molecule has 2 aromatic rings. The van der Waals surface area contributed by atoms with Crippen LogP contribution in [-0.2, 0) is 34.9 Å². The molecule has 2 aromatic carbocycles. The van der Waals surface area contributed by atoms with Crippen LogP contribution in [0.2, 0.25) is 0 Å². The molecule has 0 aromatic heterocycles. The normalized spacial score (nSPS) is 25.8. The van der Waals surface area contributed by atoms with Gasteiger partial charge in [0, 0.05) is 6.42 Å². The molecule has 2 unspecified atom stereocenters. The molecule has 1 aliphatic heterocycles. The summed E-state index contributed by atoms with van der Waals surface area (Å²) >= 11 is 0. The van der Waals surface area contributed by atoms with Crippen molar-refractivity contribution >= 4 is 30.9 Å². The molecule has 7 atom stereocenters. The smallest absolute Gasteiger partial charge is 0.453 e. The lowest BCUT2D eigenvalue weighted by Crippen LogP contribution is -2.65. The van der Waals surface area contributed by atoms with E-state index in [0.29, 0.717) is 17.4 Å². The fourth-order valence-electron chi connectivity index (χ4n) is 7.55. The van der Waals surface area contributed by atoms with Gasteiger partial charge in [-0.3, -0.25) is 14.4 Å². The molecule has 47 heavy (non-hydrogen) atoms. The van der Waals surface area contributed by atoms with Crippen LogP contribution in [0.25, 0.3) is 0 Å². The Morgan fingerprint density at radius 1 is 0.894 bits per heavy atom. The van der Waals surface area contributed by atoms with E-state index in [-0.39, 0.29) is 30.3 Å².